The normalized spacial score (nSPS) is 10.7. The number of rotatable bonds is 8. The zero-order chi connectivity index (χ0) is 22.3. The van der Waals surface area contributed by atoms with E-state index < -0.39 is 0 Å². The molecule has 0 aliphatic carbocycles. The molecule has 0 aliphatic rings. The van der Waals surface area contributed by atoms with E-state index in [0.717, 1.165) is 35.5 Å². The van der Waals surface area contributed by atoms with Crippen molar-refractivity contribution in [2.24, 2.45) is 0 Å². The molecule has 0 fully saturated rings. The maximum absolute atomic E-state index is 12.7. The van der Waals surface area contributed by atoms with Crippen molar-refractivity contribution < 1.29 is 4.79 Å². The van der Waals surface area contributed by atoms with E-state index in [4.69, 9.17) is 0 Å². The van der Waals surface area contributed by atoms with Crippen molar-refractivity contribution in [3.8, 4) is 11.1 Å². The number of hydrogen-bond donors (Lipinski definition) is 1. The first-order valence-corrected chi connectivity index (χ1v) is 10.9. The molecule has 0 atom stereocenters. The summed E-state index contributed by atoms with van der Waals surface area (Å²) in [6.07, 6.45) is 5.57. The van der Waals surface area contributed by atoms with Crippen molar-refractivity contribution in [3.05, 3.63) is 108 Å². The van der Waals surface area contributed by atoms with Gasteiger partial charge in [-0.1, -0.05) is 48.5 Å². The molecule has 32 heavy (non-hydrogen) atoms. The predicted octanol–water partition coefficient (Wildman–Crippen LogP) is 4.98. The molecule has 1 N–H and O–H groups in total. The number of imidazole rings is 1. The van der Waals surface area contributed by atoms with Gasteiger partial charge in [0.05, 0.1) is 6.33 Å². The lowest BCUT2D eigenvalue weighted by Gasteiger charge is -2.17. The van der Waals surface area contributed by atoms with Crippen molar-refractivity contribution in [1.29, 1.82) is 0 Å². The van der Waals surface area contributed by atoms with Gasteiger partial charge < -0.3 is 14.8 Å². The van der Waals surface area contributed by atoms with Crippen LogP contribution >= 0.6 is 0 Å². The summed E-state index contributed by atoms with van der Waals surface area (Å²) in [6, 6.07) is 24.5. The number of carbonyl (C=O) groups excluding carboxylic acids is 1. The number of nitrogens with one attached hydrogen (secondary N) is 1. The Kier molecular flexibility index (Phi) is 6.66. The summed E-state index contributed by atoms with van der Waals surface area (Å²) in [5, 5.41) is 3.07. The van der Waals surface area contributed by atoms with Gasteiger partial charge in [-0.15, -0.1) is 0 Å². The third-order valence-corrected chi connectivity index (χ3v) is 5.69. The number of anilines is 1. The Bertz CT molecular complexity index is 1150. The van der Waals surface area contributed by atoms with Crippen LogP contribution in [0.4, 0.5) is 5.69 Å². The van der Waals surface area contributed by atoms with Crippen LogP contribution < -0.4 is 10.2 Å². The molecule has 1 amide bonds. The van der Waals surface area contributed by atoms with Gasteiger partial charge in [0.15, 0.2) is 0 Å². The Labute approximate surface area is 189 Å². The lowest BCUT2D eigenvalue weighted by molar-refractivity contribution is 0.0951. The van der Waals surface area contributed by atoms with Crippen LogP contribution in [0, 0.1) is 0 Å². The molecule has 0 unspecified atom stereocenters. The van der Waals surface area contributed by atoms with Gasteiger partial charge in [-0.25, -0.2) is 4.98 Å². The fourth-order valence-electron chi connectivity index (χ4n) is 3.66. The van der Waals surface area contributed by atoms with E-state index in [1.54, 1.807) is 6.20 Å². The summed E-state index contributed by atoms with van der Waals surface area (Å²) in [6.45, 7) is 4.30. The molecule has 1 heterocycles. The lowest BCUT2D eigenvalue weighted by atomic mass is 9.98. The average Bonchev–Trinajstić information content (AvgIpc) is 3.36. The summed E-state index contributed by atoms with van der Waals surface area (Å²) in [7, 11) is 2.04. The third-order valence-electron chi connectivity index (χ3n) is 5.69. The Morgan fingerprint density at radius 1 is 1.00 bits per heavy atom. The summed E-state index contributed by atoms with van der Waals surface area (Å²) in [5.41, 5.74) is 6.34. The number of aromatic nitrogens is 2. The van der Waals surface area contributed by atoms with Crippen molar-refractivity contribution in [2.75, 3.05) is 18.5 Å². The summed E-state index contributed by atoms with van der Waals surface area (Å²) in [5.74, 6) is -0.0683. The van der Waals surface area contributed by atoms with E-state index in [-0.39, 0.29) is 5.91 Å². The van der Waals surface area contributed by atoms with Gasteiger partial charge >= 0.3 is 0 Å². The Morgan fingerprint density at radius 2 is 1.75 bits per heavy atom. The fourth-order valence-corrected chi connectivity index (χ4v) is 3.66. The molecule has 4 rings (SSSR count). The number of carbonyl (C=O) groups is 1. The minimum absolute atomic E-state index is 0.0683. The van der Waals surface area contributed by atoms with Crippen LogP contribution in [-0.4, -0.2) is 29.1 Å². The molecular formula is C27H28N4O. The van der Waals surface area contributed by atoms with Crippen LogP contribution in [0.5, 0.6) is 0 Å². The highest BCUT2D eigenvalue weighted by atomic mass is 16.1. The first-order valence-electron chi connectivity index (χ1n) is 10.9. The minimum atomic E-state index is -0.0683. The average molecular weight is 425 g/mol. The van der Waals surface area contributed by atoms with Crippen molar-refractivity contribution in [3.63, 3.8) is 0 Å². The Balaban J connectivity index is 1.44. The SMILES string of the molecule is CCN(C)c1ccc(C(=O)NCc2ccccc2-c2ccc(Cn3ccnc3)cc2)cc1. The van der Waals surface area contributed by atoms with E-state index in [1.165, 1.54) is 5.56 Å². The monoisotopic (exact) mass is 424 g/mol. The zero-order valence-corrected chi connectivity index (χ0v) is 18.5. The first-order chi connectivity index (χ1) is 15.6. The third kappa shape index (κ3) is 5.06. The highest BCUT2D eigenvalue weighted by Crippen LogP contribution is 2.24. The smallest absolute Gasteiger partial charge is 0.251 e. The molecule has 0 spiro atoms. The van der Waals surface area contributed by atoms with Crippen LogP contribution in [0.25, 0.3) is 11.1 Å². The van der Waals surface area contributed by atoms with E-state index in [1.807, 2.05) is 60.5 Å². The number of hydrogen-bond acceptors (Lipinski definition) is 3. The second kappa shape index (κ2) is 9.96. The number of amides is 1. The molecule has 0 bridgehead atoms. The Morgan fingerprint density at radius 3 is 2.44 bits per heavy atom. The van der Waals surface area contributed by atoms with E-state index in [2.05, 4.69) is 58.5 Å². The standard InChI is InChI=1S/C27H28N4O/c1-3-30(2)25-14-12-23(13-15-25)27(32)29-18-24-6-4-5-7-26(24)22-10-8-21(9-11-22)19-31-17-16-28-20-31/h4-17,20H,3,18-19H2,1-2H3,(H,29,32). The lowest BCUT2D eigenvalue weighted by Crippen LogP contribution is -2.23. The number of benzene rings is 3. The molecule has 4 aromatic rings. The van der Waals surface area contributed by atoms with Crippen LogP contribution in [0.3, 0.4) is 0 Å². The van der Waals surface area contributed by atoms with E-state index >= 15 is 0 Å². The van der Waals surface area contributed by atoms with E-state index in [9.17, 15) is 4.79 Å². The van der Waals surface area contributed by atoms with Crippen molar-refractivity contribution in [2.45, 2.75) is 20.0 Å². The molecule has 1 aromatic heterocycles. The second-order valence-corrected chi connectivity index (χ2v) is 7.83. The maximum atomic E-state index is 12.7. The van der Waals surface area contributed by atoms with Crippen LogP contribution in [-0.2, 0) is 13.1 Å². The maximum Gasteiger partial charge on any atom is 0.251 e. The topological polar surface area (TPSA) is 50.2 Å². The van der Waals surface area contributed by atoms with Gasteiger partial charge in [-0.2, -0.15) is 0 Å². The summed E-state index contributed by atoms with van der Waals surface area (Å²) >= 11 is 0. The van der Waals surface area contributed by atoms with Gasteiger partial charge in [0, 0.05) is 50.3 Å². The van der Waals surface area contributed by atoms with Crippen LogP contribution in [0.15, 0.2) is 91.5 Å². The molecule has 0 saturated carbocycles. The van der Waals surface area contributed by atoms with Gasteiger partial charge in [0.1, 0.15) is 0 Å². The second-order valence-electron chi connectivity index (χ2n) is 7.83. The van der Waals surface area contributed by atoms with Crippen molar-refractivity contribution >= 4 is 11.6 Å². The van der Waals surface area contributed by atoms with Gasteiger partial charge in [-0.05, 0) is 53.4 Å². The molecule has 0 radical (unpaired) electrons. The van der Waals surface area contributed by atoms with Gasteiger partial charge in [-0.3, -0.25) is 4.79 Å². The summed E-state index contributed by atoms with van der Waals surface area (Å²) in [4.78, 5) is 18.9. The molecule has 5 nitrogen and oxygen atoms in total. The minimum Gasteiger partial charge on any atom is -0.375 e. The quantitative estimate of drug-likeness (QED) is 0.434. The molecule has 162 valence electrons. The van der Waals surface area contributed by atoms with E-state index in [0.29, 0.717) is 12.1 Å². The molecular weight excluding hydrogens is 396 g/mol. The van der Waals surface area contributed by atoms with Gasteiger partial charge in [0.2, 0.25) is 0 Å². The van der Waals surface area contributed by atoms with Crippen LogP contribution in [0.1, 0.15) is 28.4 Å². The molecule has 3 aromatic carbocycles. The molecule has 0 saturated heterocycles. The fraction of sp³-hybridized carbons (Fsp3) is 0.185. The predicted molar refractivity (Wildman–Crippen MR) is 130 cm³/mol. The molecule has 5 heteroatoms. The number of nitrogens with zero attached hydrogens (tertiary/aromatic N) is 3. The summed E-state index contributed by atoms with van der Waals surface area (Å²) < 4.78 is 2.05. The van der Waals surface area contributed by atoms with Crippen molar-refractivity contribution in [1.82, 2.24) is 14.9 Å². The zero-order valence-electron chi connectivity index (χ0n) is 18.5. The first kappa shape index (κ1) is 21.4. The molecule has 0 aliphatic heterocycles. The van der Waals surface area contributed by atoms with Crippen LogP contribution in [0.2, 0.25) is 0 Å². The largest absolute Gasteiger partial charge is 0.375 e. The van der Waals surface area contributed by atoms with Gasteiger partial charge in [0.25, 0.3) is 5.91 Å². The highest BCUT2D eigenvalue weighted by Gasteiger charge is 2.09. The Hall–Kier alpha value is -3.86. The highest BCUT2D eigenvalue weighted by molar-refractivity contribution is 5.94.